The summed E-state index contributed by atoms with van der Waals surface area (Å²) in [5.41, 5.74) is 5.18. The van der Waals surface area contributed by atoms with Crippen molar-refractivity contribution >= 4 is 39.8 Å². The number of amides is 1. The number of benzene rings is 1. The fraction of sp³-hybridized carbons (Fsp3) is 0.200. The van der Waals surface area contributed by atoms with Crippen LogP contribution in [0.3, 0.4) is 0 Å². The van der Waals surface area contributed by atoms with E-state index in [4.69, 9.17) is 0 Å². The maximum absolute atomic E-state index is 11.7. The second-order valence-corrected chi connectivity index (χ2v) is 6.43. The Bertz CT molecular complexity index is 685. The van der Waals surface area contributed by atoms with E-state index in [0.29, 0.717) is 5.16 Å². The Morgan fingerprint density at radius 1 is 1.32 bits per heavy atom. The number of aromatic nitrogens is 2. The lowest BCUT2D eigenvalue weighted by Crippen LogP contribution is -2.19. The topological polar surface area (TPSA) is 67.2 Å². The van der Waals surface area contributed by atoms with E-state index >= 15 is 0 Å². The molecule has 2 rings (SSSR count). The van der Waals surface area contributed by atoms with Gasteiger partial charge in [0.2, 0.25) is 0 Å². The van der Waals surface area contributed by atoms with Gasteiger partial charge in [-0.1, -0.05) is 39.8 Å². The number of carbonyl (C=O) groups is 1. The maximum atomic E-state index is 11.7. The van der Waals surface area contributed by atoms with Gasteiger partial charge >= 0.3 is 0 Å². The molecular formula is C15H15BrN4OS. The molecule has 1 aromatic carbocycles. The molecule has 0 spiro atoms. The van der Waals surface area contributed by atoms with Crippen molar-refractivity contribution < 1.29 is 4.79 Å². The average molecular weight is 379 g/mol. The summed E-state index contributed by atoms with van der Waals surface area (Å²) in [5, 5.41) is 4.53. The molecule has 22 heavy (non-hydrogen) atoms. The van der Waals surface area contributed by atoms with Crippen molar-refractivity contribution in [2.45, 2.75) is 19.0 Å². The highest BCUT2D eigenvalue weighted by atomic mass is 79.9. The third kappa shape index (κ3) is 5.57. The molecule has 0 aliphatic carbocycles. The number of carbonyl (C=O) groups excluding carboxylic acids is 1. The van der Waals surface area contributed by atoms with Gasteiger partial charge in [0, 0.05) is 15.9 Å². The van der Waals surface area contributed by atoms with Gasteiger partial charge in [-0.2, -0.15) is 5.10 Å². The molecular weight excluding hydrogens is 364 g/mol. The van der Waals surface area contributed by atoms with Crippen LogP contribution in [0.15, 0.2) is 45.1 Å². The first-order valence-electron chi connectivity index (χ1n) is 6.55. The molecule has 1 aromatic heterocycles. The number of rotatable bonds is 5. The lowest BCUT2D eigenvalue weighted by Gasteiger charge is -2.02. The largest absolute Gasteiger partial charge is 0.272 e. The number of nitrogens with one attached hydrogen (secondary N) is 1. The quantitative estimate of drug-likeness (QED) is 0.375. The van der Waals surface area contributed by atoms with Crippen LogP contribution in [0.25, 0.3) is 0 Å². The van der Waals surface area contributed by atoms with Gasteiger partial charge in [0.25, 0.3) is 5.91 Å². The molecule has 0 radical (unpaired) electrons. The van der Waals surface area contributed by atoms with E-state index in [2.05, 4.69) is 36.4 Å². The zero-order valence-electron chi connectivity index (χ0n) is 12.2. The molecule has 1 amide bonds. The lowest BCUT2D eigenvalue weighted by atomic mass is 10.2. The second-order valence-electron chi connectivity index (χ2n) is 4.57. The van der Waals surface area contributed by atoms with Crippen LogP contribution >= 0.6 is 27.7 Å². The van der Waals surface area contributed by atoms with Crippen molar-refractivity contribution in [2.75, 3.05) is 5.75 Å². The minimum absolute atomic E-state index is 0.195. The first kappa shape index (κ1) is 16.6. The highest BCUT2D eigenvalue weighted by molar-refractivity contribution is 9.10. The average Bonchev–Trinajstić information content (AvgIpc) is 2.44. The summed E-state index contributed by atoms with van der Waals surface area (Å²) >= 11 is 4.67. The zero-order chi connectivity index (χ0) is 15.9. The Morgan fingerprint density at radius 2 is 2.05 bits per heavy atom. The molecule has 1 N–H and O–H groups in total. The van der Waals surface area contributed by atoms with E-state index in [1.807, 2.05) is 44.2 Å². The van der Waals surface area contributed by atoms with Crippen LogP contribution in [-0.2, 0) is 4.79 Å². The summed E-state index contributed by atoms with van der Waals surface area (Å²) < 4.78 is 0.963. The summed E-state index contributed by atoms with van der Waals surface area (Å²) in [5.74, 6) is 0.0256. The number of thioether (sulfide) groups is 1. The third-order valence-corrected chi connectivity index (χ3v) is 3.89. The summed E-state index contributed by atoms with van der Waals surface area (Å²) in [6.07, 6.45) is 1.60. The number of halogens is 1. The van der Waals surface area contributed by atoms with E-state index in [0.717, 1.165) is 21.4 Å². The Kier molecular flexibility index (Phi) is 6.09. The lowest BCUT2D eigenvalue weighted by molar-refractivity contribution is -0.118. The molecule has 1 heterocycles. The van der Waals surface area contributed by atoms with Crippen LogP contribution in [-0.4, -0.2) is 27.8 Å². The molecule has 2 aromatic rings. The van der Waals surface area contributed by atoms with Crippen molar-refractivity contribution in [3.8, 4) is 0 Å². The smallest absolute Gasteiger partial charge is 0.250 e. The van der Waals surface area contributed by atoms with Crippen molar-refractivity contribution in [1.82, 2.24) is 15.4 Å². The second kappa shape index (κ2) is 8.05. The molecule has 5 nitrogen and oxygen atoms in total. The molecule has 0 fully saturated rings. The molecule has 114 valence electrons. The monoisotopic (exact) mass is 378 g/mol. The van der Waals surface area contributed by atoms with Crippen molar-refractivity contribution in [2.24, 2.45) is 5.10 Å². The summed E-state index contributed by atoms with van der Waals surface area (Å²) in [7, 11) is 0. The normalized spacial score (nSPS) is 10.9. The Labute approximate surface area is 141 Å². The van der Waals surface area contributed by atoms with Gasteiger partial charge < -0.3 is 0 Å². The number of hydrogen-bond acceptors (Lipinski definition) is 5. The highest BCUT2D eigenvalue weighted by Crippen LogP contribution is 2.13. The van der Waals surface area contributed by atoms with Crippen molar-refractivity contribution in [3.05, 3.63) is 51.8 Å². The minimum atomic E-state index is -0.195. The molecule has 0 saturated heterocycles. The van der Waals surface area contributed by atoms with E-state index in [9.17, 15) is 4.79 Å². The molecule has 0 aliphatic rings. The molecule has 0 saturated carbocycles. The van der Waals surface area contributed by atoms with E-state index in [1.165, 1.54) is 11.8 Å². The van der Waals surface area contributed by atoms with Gasteiger partial charge in [0.1, 0.15) is 0 Å². The first-order valence-corrected chi connectivity index (χ1v) is 8.33. The third-order valence-electron chi connectivity index (χ3n) is 2.55. The van der Waals surface area contributed by atoms with Gasteiger partial charge in [0.05, 0.1) is 12.0 Å². The van der Waals surface area contributed by atoms with Crippen LogP contribution in [0, 0.1) is 13.8 Å². The highest BCUT2D eigenvalue weighted by Gasteiger charge is 2.05. The van der Waals surface area contributed by atoms with Crippen LogP contribution < -0.4 is 5.43 Å². The number of hydrogen-bond donors (Lipinski definition) is 1. The van der Waals surface area contributed by atoms with E-state index in [-0.39, 0.29) is 11.7 Å². The van der Waals surface area contributed by atoms with Crippen LogP contribution in [0.5, 0.6) is 0 Å². The van der Waals surface area contributed by atoms with Crippen LogP contribution in [0.1, 0.15) is 17.0 Å². The predicted molar refractivity (Wildman–Crippen MR) is 92.1 cm³/mol. The van der Waals surface area contributed by atoms with E-state index in [1.54, 1.807) is 6.21 Å². The van der Waals surface area contributed by atoms with Crippen molar-refractivity contribution in [3.63, 3.8) is 0 Å². The van der Waals surface area contributed by atoms with Crippen LogP contribution in [0.2, 0.25) is 0 Å². The predicted octanol–water partition coefficient (Wildman–Crippen LogP) is 3.10. The summed E-state index contributed by atoms with van der Waals surface area (Å²) in [6, 6.07) is 9.54. The molecule has 0 atom stereocenters. The minimum Gasteiger partial charge on any atom is -0.272 e. The maximum Gasteiger partial charge on any atom is 0.250 e. The molecule has 0 aliphatic heterocycles. The van der Waals surface area contributed by atoms with Crippen LogP contribution in [0.4, 0.5) is 0 Å². The van der Waals surface area contributed by atoms with Gasteiger partial charge in [-0.3, -0.25) is 4.79 Å². The fourth-order valence-electron chi connectivity index (χ4n) is 1.69. The number of nitrogens with zero attached hydrogens (tertiary/aromatic N) is 3. The first-order chi connectivity index (χ1) is 10.5. The fourth-order valence-corrected chi connectivity index (χ4v) is 2.84. The standard InChI is InChI=1S/C15H15BrN4OS/c1-10-6-11(2)19-15(18-10)22-9-14(21)20-17-8-12-4-3-5-13(16)7-12/h3-8H,9H2,1-2H3,(H,20,21)/b17-8+. The number of aryl methyl sites for hydroxylation is 2. The van der Waals surface area contributed by atoms with Gasteiger partial charge in [0.15, 0.2) is 5.16 Å². The van der Waals surface area contributed by atoms with E-state index < -0.39 is 0 Å². The summed E-state index contributed by atoms with van der Waals surface area (Å²) in [6.45, 7) is 3.81. The Balaban J connectivity index is 1.83. The number of hydrazone groups is 1. The van der Waals surface area contributed by atoms with Gasteiger partial charge in [-0.15, -0.1) is 0 Å². The zero-order valence-corrected chi connectivity index (χ0v) is 14.6. The Hall–Kier alpha value is -1.73. The Morgan fingerprint density at radius 3 is 2.73 bits per heavy atom. The molecule has 7 heteroatoms. The molecule has 0 unspecified atom stereocenters. The van der Waals surface area contributed by atoms with Gasteiger partial charge in [-0.25, -0.2) is 15.4 Å². The van der Waals surface area contributed by atoms with Crippen molar-refractivity contribution in [1.29, 1.82) is 0 Å². The summed E-state index contributed by atoms with van der Waals surface area (Å²) in [4.78, 5) is 20.3. The van der Waals surface area contributed by atoms with Gasteiger partial charge in [-0.05, 0) is 37.6 Å². The molecule has 0 bridgehead atoms. The SMILES string of the molecule is Cc1cc(C)nc(SCC(=O)N/N=C/c2cccc(Br)c2)n1.